The van der Waals surface area contributed by atoms with Crippen LogP contribution >= 0.6 is 0 Å². The molecule has 0 aromatic heterocycles. The first-order chi connectivity index (χ1) is 4.20. The van der Waals surface area contributed by atoms with Crippen molar-refractivity contribution in [1.29, 1.82) is 0 Å². The second kappa shape index (κ2) is 2.36. The fraction of sp³-hybridized carbons (Fsp3) is 0.250. The molecule has 0 aliphatic carbocycles. The van der Waals surface area contributed by atoms with E-state index in [0.717, 1.165) is 4.90 Å². The molecule has 0 bridgehead atoms. The lowest BCUT2D eigenvalue weighted by atomic mass is 10.1. The van der Waals surface area contributed by atoms with Crippen molar-refractivity contribution < 1.29 is 0 Å². The van der Waals surface area contributed by atoms with Gasteiger partial charge >= 0.3 is 0 Å². The predicted octanol–water partition coefficient (Wildman–Crippen LogP) is 2.21. The Kier molecular flexibility index (Phi) is 1.72. The molecule has 0 unspecified atom stereocenters. The average molecular weight is 137 g/mol. The number of benzene rings is 1. The maximum Gasteiger partial charge on any atom is -0.0395 e. The van der Waals surface area contributed by atoms with Gasteiger partial charge in [0.25, 0.3) is 0 Å². The molecule has 1 aromatic rings. The van der Waals surface area contributed by atoms with Gasteiger partial charge in [0.05, 0.1) is 0 Å². The van der Waals surface area contributed by atoms with Gasteiger partial charge in [-0.3, -0.25) is 0 Å². The maximum atomic E-state index is 4.96. The second-order valence-corrected chi connectivity index (χ2v) is 2.72. The van der Waals surface area contributed by atoms with Gasteiger partial charge in [0.2, 0.25) is 0 Å². The summed E-state index contributed by atoms with van der Waals surface area (Å²) in [6, 6.07) is 6.03. The van der Waals surface area contributed by atoms with E-state index in [1.165, 1.54) is 11.1 Å². The molecule has 0 N–H and O–H groups in total. The van der Waals surface area contributed by atoms with E-state index in [2.05, 4.69) is 19.9 Å². The van der Waals surface area contributed by atoms with Crippen molar-refractivity contribution in [2.75, 3.05) is 0 Å². The van der Waals surface area contributed by atoms with Crippen molar-refractivity contribution in [3.63, 3.8) is 0 Å². The molecule has 0 aliphatic heterocycles. The summed E-state index contributed by atoms with van der Waals surface area (Å²) in [7, 11) is 0. The SMILES string of the molecule is Cc1ccc([S-])cc1C. The minimum Gasteiger partial charge on any atom is -0.780 e. The Morgan fingerprint density at radius 2 is 1.78 bits per heavy atom. The van der Waals surface area contributed by atoms with E-state index in [4.69, 9.17) is 12.6 Å². The largest absolute Gasteiger partial charge is 0.780 e. The zero-order valence-corrected chi connectivity index (χ0v) is 6.46. The molecule has 9 heavy (non-hydrogen) atoms. The first kappa shape index (κ1) is 6.56. The third-order valence-corrected chi connectivity index (χ3v) is 1.73. The molecule has 0 saturated heterocycles. The highest BCUT2D eigenvalue weighted by Crippen LogP contribution is 2.08. The van der Waals surface area contributed by atoms with Crippen LogP contribution in [0.5, 0.6) is 0 Å². The van der Waals surface area contributed by atoms with E-state index < -0.39 is 0 Å². The molecule has 0 nitrogen and oxygen atoms in total. The number of rotatable bonds is 0. The Hall–Kier alpha value is -0.560. The summed E-state index contributed by atoms with van der Waals surface area (Å²) in [5.74, 6) is 0. The molecular formula is C8H9S-. The second-order valence-electron chi connectivity index (χ2n) is 2.25. The number of hydrogen-bond donors (Lipinski definition) is 0. The van der Waals surface area contributed by atoms with Gasteiger partial charge in [0.15, 0.2) is 0 Å². The predicted molar refractivity (Wildman–Crippen MR) is 41.5 cm³/mol. The highest BCUT2D eigenvalue weighted by molar-refractivity contribution is 7.58. The third-order valence-electron chi connectivity index (χ3n) is 1.48. The van der Waals surface area contributed by atoms with Gasteiger partial charge in [-0.1, -0.05) is 18.2 Å². The van der Waals surface area contributed by atoms with Gasteiger partial charge in [-0.15, -0.1) is 0 Å². The summed E-state index contributed by atoms with van der Waals surface area (Å²) in [6.45, 7) is 4.16. The van der Waals surface area contributed by atoms with Gasteiger partial charge < -0.3 is 12.6 Å². The van der Waals surface area contributed by atoms with Gasteiger partial charge in [0.1, 0.15) is 0 Å². The van der Waals surface area contributed by atoms with E-state index in [9.17, 15) is 0 Å². The first-order valence-electron chi connectivity index (χ1n) is 2.94. The lowest BCUT2D eigenvalue weighted by Crippen LogP contribution is -1.79. The lowest BCUT2D eigenvalue weighted by molar-refractivity contribution is 1.28. The Bertz CT molecular complexity index is 216. The topological polar surface area (TPSA) is 0 Å². The molecule has 0 radical (unpaired) electrons. The van der Waals surface area contributed by atoms with Crippen LogP contribution in [-0.4, -0.2) is 0 Å². The molecular weight excluding hydrogens is 128 g/mol. The van der Waals surface area contributed by atoms with Crippen molar-refractivity contribution in [2.45, 2.75) is 18.7 Å². The third kappa shape index (κ3) is 1.42. The highest BCUT2D eigenvalue weighted by atomic mass is 32.1. The Balaban J connectivity index is 3.17. The Labute approximate surface area is 61.3 Å². The van der Waals surface area contributed by atoms with Crippen molar-refractivity contribution in [3.8, 4) is 0 Å². The van der Waals surface area contributed by atoms with Crippen molar-refractivity contribution >= 4 is 12.6 Å². The van der Waals surface area contributed by atoms with Gasteiger partial charge in [-0.2, -0.15) is 4.90 Å². The van der Waals surface area contributed by atoms with E-state index in [1.807, 2.05) is 12.1 Å². The zero-order valence-electron chi connectivity index (χ0n) is 5.64. The summed E-state index contributed by atoms with van der Waals surface area (Å²) in [5.41, 5.74) is 2.59. The van der Waals surface area contributed by atoms with Crippen LogP contribution in [0, 0.1) is 13.8 Å². The van der Waals surface area contributed by atoms with Gasteiger partial charge in [0, 0.05) is 0 Å². The fourth-order valence-corrected chi connectivity index (χ4v) is 0.959. The minimum absolute atomic E-state index is 0.929. The summed E-state index contributed by atoms with van der Waals surface area (Å²) in [4.78, 5) is 0.929. The summed E-state index contributed by atoms with van der Waals surface area (Å²) in [6.07, 6.45) is 0. The molecule has 0 amide bonds. The molecule has 0 atom stereocenters. The van der Waals surface area contributed by atoms with Crippen LogP contribution in [0.15, 0.2) is 23.1 Å². The quantitative estimate of drug-likeness (QED) is 0.494. The van der Waals surface area contributed by atoms with Gasteiger partial charge in [-0.05, 0) is 25.0 Å². The minimum atomic E-state index is 0.929. The Morgan fingerprint density at radius 3 is 2.22 bits per heavy atom. The molecule has 0 heterocycles. The average Bonchev–Trinajstić information content (AvgIpc) is 1.80. The molecule has 1 aromatic carbocycles. The van der Waals surface area contributed by atoms with Crippen LogP contribution in [-0.2, 0) is 12.6 Å². The highest BCUT2D eigenvalue weighted by Gasteiger charge is 1.85. The van der Waals surface area contributed by atoms with Crippen molar-refractivity contribution in [3.05, 3.63) is 29.3 Å². The van der Waals surface area contributed by atoms with E-state index in [0.29, 0.717) is 0 Å². The standard InChI is InChI=1S/C8H10S/c1-6-3-4-8(9)5-7(6)2/h3-5,9H,1-2H3/p-1. The van der Waals surface area contributed by atoms with Crippen molar-refractivity contribution in [1.82, 2.24) is 0 Å². The molecule has 0 aliphatic rings. The van der Waals surface area contributed by atoms with Crippen LogP contribution in [0.25, 0.3) is 0 Å². The summed E-state index contributed by atoms with van der Waals surface area (Å²) >= 11 is 4.96. The normalized spacial score (nSPS) is 9.56. The lowest BCUT2D eigenvalue weighted by Gasteiger charge is -2.06. The molecule has 0 saturated carbocycles. The number of aryl methyl sites for hydroxylation is 2. The van der Waals surface area contributed by atoms with E-state index in [-0.39, 0.29) is 0 Å². The first-order valence-corrected chi connectivity index (χ1v) is 3.35. The Morgan fingerprint density at radius 1 is 1.11 bits per heavy atom. The van der Waals surface area contributed by atoms with Crippen LogP contribution in [0.3, 0.4) is 0 Å². The maximum absolute atomic E-state index is 4.96. The van der Waals surface area contributed by atoms with Crippen molar-refractivity contribution in [2.24, 2.45) is 0 Å². The van der Waals surface area contributed by atoms with Gasteiger partial charge in [-0.25, -0.2) is 0 Å². The zero-order chi connectivity index (χ0) is 6.85. The van der Waals surface area contributed by atoms with Crippen LogP contribution in [0.2, 0.25) is 0 Å². The van der Waals surface area contributed by atoms with Crippen LogP contribution < -0.4 is 0 Å². The molecule has 1 heteroatoms. The smallest absolute Gasteiger partial charge is 0.0395 e. The van der Waals surface area contributed by atoms with E-state index >= 15 is 0 Å². The molecule has 1 rings (SSSR count). The number of hydrogen-bond acceptors (Lipinski definition) is 1. The fourth-order valence-electron chi connectivity index (χ4n) is 0.714. The van der Waals surface area contributed by atoms with Crippen LogP contribution in [0.1, 0.15) is 11.1 Å². The monoisotopic (exact) mass is 137 g/mol. The van der Waals surface area contributed by atoms with E-state index in [1.54, 1.807) is 0 Å². The molecule has 48 valence electrons. The molecule has 0 spiro atoms. The molecule has 0 fully saturated rings. The summed E-state index contributed by atoms with van der Waals surface area (Å²) in [5, 5.41) is 0. The van der Waals surface area contributed by atoms with Crippen LogP contribution in [0.4, 0.5) is 0 Å². The summed E-state index contributed by atoms with van der Waals surface area (Å²) < 4.78 is 0.